The average molecular weight is 519 g/mol. The van der Waals surface area contributed by atoms with E-state index in [0.717, 1.165) is 31.9 Å². The molecule has 8 heteroatoms. The highest BCUT2D eigenvalue weighted by Gasteiger charge is 2.28. The Labute approximate surface area is 191 Å². The van der Waals surface area contributed by atoms with Crippen molar-refractivity contribution in [1.29, 1.82) is 0 Å². The summed E-state index contributed by atoms with van der Waals surface area (Å²) in [6.45, 7) is 9.06. The van der Waals surface area contributed by atoms with Crippen molar-refractivity contribution in [2.75, 3.05) is 39.9 Å². The van der Waals surface area contributed by atoms with Gasteiger partial charge in [-0.2, -0.15) is 0 Å². The number of nitrogens with one attached hydrogen (secondary N) is 1. The molecule has 2 atom stereocenters. The number of methoxy groups -OCH3 is 1. The van der Waals surface area contributed by atoms with E-state index in [1.807, 2.05) is 45.0 Å². The molecule has 29 heavy (non-hydrogen) atoms. The first-order valence-corrected chi connectivity index (χ1v) is 10.1. The second kappa shape index (κ2) is 13.5. The first-order chi connectivity index (χ1) is 13.6. The number of nitrogens with zero attached hydrogens (tertiary/aromatic N) is 2. The van der Waals surface area contributed by atoms with Gasteiger partial charge in [0.1, 0.15) is 6.10 Å². The number of rotatable bonds is 8. The van der Waals surface area contributed by atoms with Crippen LogP contribution in [-0.4, -0.2) is 62.8 Å². The number of guanidine groups is 1. The maximum Gasteiger partial charge on any atom is 0.310 e. The number of hydrogen-bond acceptors (Lipinski definition) is 5. The van der Waals surface area contributed by atoms with Gasteiger partial charge in [-0.25, -0.2) is 4.99 Å². The smallest absolute Gasteiger partial charge is 0.310 e. The van der Waals surface area contributed by atoms with Gasteiger partial charge < -0.3 is 24.4 Å². The molecule has 164 valence electrons. The zero-order chi connectivity index (χ0) is 20.4. The number of halogens is 1. The second-order valence-electron chi connectivity index (χ2n) is 6.81. The Balaban J connectivity index is 0.00000420. The van der Waals surface area contributed by atoms with Crippen molar-refractivity contribution in [2.45, 2.75) is 39.7 Å². The Kier molecular flexibility index (Phi) is 11.8. The number of piperidine rings is 1. The number of esters is 1. The number of benzene rings is 1. The minimum atomic E-state index is -0.115. The van der Waals surface area contributed by atoms with Gasteiger partial charge in [-0.3, -0.25) is 4.79 Å². The van der Waals surface area contributed by atoms with Crippen LogP contribution in [0.4, 0.5) is 0 Å². The van der Waals surface area contributed by atoms with Gasteiger partial charge in [0.25, 0.3) is 0 Å². The van der Waals surface area contributed by atoms with Crippen molar-refractivity contribution >= 4 is 35.9 Å². The lowest BCUT2D eigenvalue weighted by Crippen LogP contribution is -2.48. The number of para-hydroxylation sites is 2. The third-order valence-electron chi connectivity index (χ3n) is 4.57. The van der Waals surface area contributed by atoms with E-state index in [2.05, 4.69) is 10.2 Å². The van der Waals surface area contributed by atoms with Gasteiger partial charge in [0.15, 0.2) is 17.5 Å². The van der Waals surface area contributed by atoms with Crippen LogP contribution < -0.4 is 14.8 Å². The molecule has 0 aliphatic carbocycles. The van der Waals surface area contributed by atoms with Gasteiger partial charge in [0.05, 0.1) is 26.2 Å². The van der Waals surface area contributed by atoms with E-state index in [0.29, 0.717) is 31.2 Å². The topological polar surface area (TPSA) is 72.4 Å². The molecule has 2 rings (SSSR count). The van der Waals surface area contributed by atoms with Crippen molar-refractivity contribution in [2.24, 2.45) is 10.9 Å². The minimum absolute atomic E-state index is 0. The van der Waals surface area contributed by atoms with Crippen LogP contribution >= 0.6 is 24.0 Å². The van der Waals surface area contributed by atoms with Crippen molar-refractivity contribution in [3.05, 3.63) is 24.3 Å². The monoisotopic (exact) mass is 519 g/mol. The molecule has 1 aromatic carbocycles. The molecule has 0 radical (unpaired) electrons. The molecule has 1 fully saturated rings. The van der Waals surface area contributed by atoms with Gasteiger partial charge in [-0.05, 0) is 45.7 Å². The second-order valence-corrected chi connectivity index (χ2v) is 6.81. The zero-order valence-corrected chi connectivity index (χ0v) is 20.2. The highest BCUT2D eigenvalue weighted by molar-refractivity contribution is 14.0. The predicted molar refractivity (Wildman–Crippen MR) is 125 cm³/mol. The summed E-state index contributed by atoms with van der Waals surface area (Å²) in [6.07, 6.45) is 1.69. The molecular weight excluding hydrogens is 485 g/mol. The van der Waals surface area contributed by atoms with Crippen molar-refractivity contribution in [3.8, 4) is 11.5 Å². The van der Waals surface area contributed by atoms with E-state index in [4.69, 9.17) is 19.2 Å². The largest absolute Gasteiger partial charge is 0.493 e. The van der Waals surface area contributed by atoms with Gasteiger partial charge >= 0.3 is 5.97 Å². The molecule has 1 heterocycles. The highest BCUT2D eigenvalue weighted by atomic mass is 127. The number of carbonyl (C=O) groups is 1. The molecule has 7 nitrogen and oxygen atoms in total. The summed E-state index contributed by atoms with van der Waals surface area (Å²) in [5.41, 5.74) is 0. The fraction of sp³-hybridized carbons (Fsp3) is 0.619. The molecule has 2 unspecified atom stereocenters. The van der Waals surface area contributed by atoms with E-state index in [9.17, 15) is 4.79 Å². The van der Waals surface area contributed by atoms with Crippen LogP contribution in [0.1, 0.15) is 33.6 Å². The Hall–Kier alpha value is -1.71. The molecular formula is C21H34IN3O4. The molecule has 0 aromatic heterocycles. The van der Waals surface area contributed by atoms with Crippen LogP contribution in [0.2, 0.25) is 0 Å². The molecule has 1 aliphatic rings. The lowest BCUT2D eigenvalue weighted by Gasteiger charge is -2.34. The van der Waals surface area contributed by atoms with Gasteiger partial charge in [-0.15, -0.1) is 24.0 Å². The molecule has 0 spiro atoms. The zero-order valence-electron chi connectivity index (χ0n) is 17.8. The Bertz CT molecular complexity index is 657. The minimum Gasteiger partial charge on any atom is -0.493 e. The fourth-order valence-corrected chi connectivity index (χ4v) is 3.23. The summed E-state index contributed by atoms with van der Waals surface area (Å²) in [6, 6.07) is 7.59. The molecule has 0 saturated carbocycles. The van der Waals surface area contributed by atoms with Gasteiger partial charge in [-0.1, -0.05) is 12.1 Å². The fourth-order valence-electron chi connectivity index (χ4n) is 3.23. The third kappa shape index (κ3) is 7.91. The van der Waals surface area contributed by atoms with Crippen LogP contribution in [-0.2, 0) is 9.53 Å². The summed E-state index contributed by atoms with van der Waals surface area (Å²) in [4.78, 5) is 19.0. The van der Waals surface area contributed by atoms with E-state index in [1.165, 1.54) is 0 Å². The third-order valence-corrected chi connectivity index (χ3v) is 4.57. The van der Waals surface area contributed by atoms with Crippen LogP contribution in [0.3, 0.4) is 0 Å². The Morgan fingerprint density at radius 3 is 2.69 bits per heavy atom. The normalized spacial score (nSPS) is 17.7. The first kappa shape index (κ1) is 25.3. The first-order valence-electron chi connectivity index (χ1n) is 10.1. The number of likely N-dealkylation sites (tertiary alicyclic amines) is 1. The quantitative estimate of drug-likeness (QED) is 0.246. The van der Waals surface area contributed by atoms with Gasteiger partial charge in [0, 0.05) is 19.6 Å². The molecule has 0 amide bonds. The summed E-state index contributed by atoms with van der Waals surface area (Å²) >= 11 is 0. The van der Waals surface area contributed by atoms with Crippen LogP contribution in [0.15, 0.2) is 29.3 Å². The number of aliphatic imine (C=N–C) groups is 1. The SMILES string of the molecule is CCNC(=NCC(C)Oc1ccccc1OC)N1CCCC(C(=O)OCC)C1.I. The van der Waals surface area contributed by atoms with Gasteiger partial charge in [0.2, 0.25) is 0 Å². The van der Waals surface area contributed by atoms with Crippen LogP contribution in [0, 0.1) is 5.92 Å². The molecule has 1 N–H and O–H groups in total. The summed E-state index contributed by atoms with van der Waals surface area (Å²) in [5, 5.41) is 3.33. The van der Waals surface area contributed by atoms with E-state index in [1.54, 1.807) is 7.11 Å². The Morgan fingerprint density at radius 1 is 1.31 bits per heavy atom. The average Bonchev–Trinajstić information content (AvgIpc) is 2.71. The lowest BCUT2D eigenvalue weighted by molar-refractivity contribution is -0.149. The summed E-state index contributed by atoms with van der Waals surface area (Å²) in [7, 11) is 1.63. The molecule has 1 saturated heterocycles. The van der Waals surface area contributed by atoms with E-state index in [-0.39, 0.29) is 42.0 Å². The maximum absolute atomic E-state index is 12.1. The molecule has 0 bridgehead atoms. The number of carbonyl (C=O) groups excluding carboxylic acids is 1. The van der Waals surface area contributed by atoms with Crippen molar-refractivity contribution < 1.29 is 19.0 Å². The lowest BCUT2D eigenvalue weighted by atomic mass is 9.98. The number of ether oxygens (including phenoxy) is 3. The number of hydrogen-bond donors (Lipinski definition) is 1. The standard InChI is InChI=1S/C21H33N3O4.HI/c1-5-22-21(24-13-9-10-17(15-24)20(25)27-6-2)23-14-16(3)28-19-12-8-7-11-18(19)26-4;/h7-8,11-12,16-17H,5-6,9-10,13-15H2,1-4H3,(H,22,23);1H. The Morgan fingerprint density at radius 2 is 2.03 bits per heavy atom. The van der Waals surface area contributed by atoms with Crippen molar-refractivity contribution in [1.82, 2.24) is 10.2 Å². The summed E-state index contributed by atoms with van der Waals surface area (Å²) in [5.74, 6) is 2.01. The molecule has 1 aliphatic heterocycles. The van der Waals surface area contributed by atoms with Crippen LogP contribution in [0.5, 0.6) is 11.5 Å². The highest BCUT2D eigenvalue weighted by Crippen LogP contribution is 2.26. The molecule has 1 aromatic rings. The van der Waals surface area contributed by atoms with Crippen LogP contribution in [0.25, 0.3) is 0 Å². The van der Waals surface area contributed by atoms with Crippen molar-refractivity contribution in [3.63, 3.8) is 0 Å². The van der Waals surface area contributed by atoms with E-state index >= 15 is 0 Å². The maximum atomic E-state index is 12.1. The van der Waals surface area contributed by atoms with E-state index < -0.39 is 0 Å². The summed E-state index contributed by atoms with van der Waals surface area (Å²) < 4.78 is 16.5. The predicted octanol–water partition coefficient (Wildman–Crippen LogP) is 3.32.